The summed E-state index contributed by atoms with van der Waals surface area (Å²) in [4.78, 5) is 15.2. The quantitative estimate of drug-likeness (QED) is 0.846. The van der Waals surface area contributed by atoms with Gasteiger partial charge in [-0.1, -0.05) is 20.8 Å². The third kappa shape index (κ3) is 3.30. The molecule has 1 aromatic carbocycles. The summed E-state index contributed by atoms with van der Waals surface area (Å²) < 4.78 is 32.7. The van der Waals surface area contributed by atoms with E-state index >= 15 is 0 Å². The first-order valence-corrected chi connectivity index (χ1v) is 8.63. The number of fused-ring (bicyclic) bond motifs is 3. The van der Waals surface area contributed by atoms with Crippen LogP contribution >= 0.6 is 0 Å². The van der Waals surface area contributed by atoms with Crippen LogP contribution in [0.15, 0.2) is 12.1 Å². The van der Waals surface area contributed by atoms with Crippen LogP contribution in [-0.2, 0) is 11.2 Å². The number of benzene rings is 1. The minimum Gasteiger partial charge on any atom is -0.493 e. The van der Waals surface area contributed by atoms with E-state index < -0.39 is 7.04 Å². The minimum absolute atomic E-state index is 0.0117. The molecule has 2 atom stereocenters. The second kappa shape index (κ2) is 6.40. The van der Waals surface area contributed by atoms with Crippen molar-refractivity contribution in [1.29, 1.82) is 0 Å². The summed E-state index contributed by atoms with van der Waals surface area (Å²) in [5.41, 5.74) is 2.21. The Balaban J connectivity index is 1.89. The van der Waals surface area contributed by atoms with Crippen molar-refractivity contribution < 1.29 is 18.4 Å². The fourth-order valence-corrected chi connectivity index (χ4v) is 4.12. The molecule has 2 aliphatic heterocycles. The zero-order valence-corrected chi connectivity index (χ0v) is 15.0. The average Bonchev–Trinajstić information content (AvgIpc) is 2.52. The number of methoxy groups -OCH3 is 2. The monoisotopic (exact) mass is 334 g/mol. The average molecular weight is 334 g/mol. The topological polar surface area (TPSA) is 38.8 Å². The van der Waals surface area contributed by atoms with Gasteiger partial charge in [0.15, 0.2) is 11.5 Å². The van der Waals surface area contributed by atoms with Crippen LogP contribution in [0.4, 0.5) is 0 Å². The molecule has 0 aliphatic carbocycles. The number of hydrogen-bond donors (Lipinski definition) is 0. The Labute approximate surface area is 149 Å². The van der Waals surface area contributed by atoms with Gasteiger partial charge in [0.1, 0.15) is 5.78 Å². The van der Waals surface area contributed by atoms with Crippen molar-refractivity contribution in [3.05, 3.63) is 23.3 Å². The summed E-state index contributed by atoms with van der Waals surface area (Å²) >= 11 is 0. The molecular formula is C20H29NO3. The van der Waals surface area contributed by atoms with Gasteiger partial charge in [0, 0.05) is 31.5 Å². The molecule has 0 unspecified atom stereocenters. The highest BCUT2D eigenvalue weighted by atomic mass is 16.5. The molecule has 0 spiro atoms. The number of hydrogen-bond acceptors (Lipinski definition) is 4. The van der Waals surface area contributed by atoms with E-state index in [0.29, 0.717) is 18.0 Å². The van der Waals surface area contributed by atoms with Crippen LogP contribution in [-0.4, -0.2) is 37.9 Å². The number of piperidine rings is 1. The lowest BCUT2D eigenvalue weighted by Crippen LogP contribution is -2.47. The van der Waals surface area contributed by atoms with Gasteiger partial charge in [-0.05, 0) is 41.5 Å². The van der Waals surface area contributed by atoms with Crippen LogP contribution in [0, 0.1) is 11.3 Å². The van der Waals surface area contributed by atoms with Crippen molar-refractivity contribution in [2.75, 3.05) is 27.2 Å². The summed E-state index contributed by atoms with van der Waals surface area (Å²) in [5.74, 6) is 1.00. The van der Waals surface area contributed by atoms with Gasteiger partial charge in [0.05, 0.1) is 18.3 Å². The molecule has 0 radical (unpaired) electrons. The van der Waals surface area contributed by atoms with Crippen LogP contribution < -0.4 is 9.47 Å². The lowest BCUT2D eigenvalue weighted by Gasteiger charge is -2.44. The van der Waals surface area contributed by atoms with Gasteiger partial charge in [-0.25, -0.2) is 0 Å². The lowest BCUT2D eigenvalue weighted by molar-refractivity contribution is -0.130. The van der Waals surface area contributed by atoms with Crippen molar-refractivity contribution in [2.45, 2.75) is 46.1 Å². The first-order valence-electron chi connectivity index (χ1n) is 10.1. The van der Waals surface area contributed by atoms with Crippen molar-refractivity contribution in [1.82, 2.24) is 4.90 Å². The fourth-order valence-electron chi connectivity index (χ4n) is 4.12. The Morgan fingerprint density at radius 3 is 2.71 bits per heavy atom. The van der Waals surface area contributed by atoms with Crippen LogP contribution in [0.2, 0.25) is 0 Å². The van der Waals surface area contributed by atoms with E-state index in [9.17, 15) is 4.79 Å². The van der Waals surface area contributed by atoms with Crippen molar-refractivity contribution in [3.63, 3.8) is 0 Å². The van der Waals surface area contributed by atoms with Gasteiger partial charge in [-0.15, -0.1) is 0 Å². The van der Waals surface area contributed by atoms with E-state index in [1.165, 1.54) is 7.11 Å². The summed E-state index contributed by atoms with van der Waals surface area (Å²) in [6, 6.07) is 3.61. The highest BCUT2D eigenvalue weighted by molar-refractivity contribution is 5.83. The Hall–Kier alpha value is -1.55. The predicted molar refractivity (Wildman–Crippen MR) is 94.8 cm³/mol. The van der Waals surface area contributed by atoms with Gasteiger partial charge >= 0.3 is 0 Å². The van der Waals surface area contributed by atoms with E-state index in [-0.39, 0.29) is 23.1 Å². The molecular weight excluding hydrogens is 302 g/mol. The maximum absolute atomic E-state index is 12.8. The van der Waals surface area contributed by atoms with Crippen LogP contribution in [0.1, 0.15) is 54.9 Å². The number of carbonyl (C=O) groups excluding carboxylic acids is 1. The molecule has 0 amide bonds. The highest BCUT2D eigenvalue weighted by Crippen LogP contribution is 2.43. The SMILES string of the molecule is [2H]C([2H])([2H])Oc1cc2c(cc1OC)CCN1C[C@H](CC(C)(C)C)C(=O)C[C@@H]21. The van der Waals surface area contributed by atoms with Crippen LogP contribution in [0.5, 0.6) is 11.5 Å². The number of Topliss-reactive ketones (excluding diaryl/α,β-unsaturated/α-hetero) is 1. The largest absolute Gasteiger partial charge is 0.493 e. The summed E-state index contributed by atoms with van der Waals surface area (Å²) in [6.07, 6.45) is 2.21. The maximum Gasteiger partial charge on any atom is 0.161 e. The maximum atomic E-state index is 12.8. The molecule has 3 rings (SSSR count). The van der Waals surface area contributed by atoms with Gasteiger partial charge < -0.3 is 9.47 Å². The fraction of sp³-hybridized carbons (Fsp3) is 0.650. The van der Waals surface area contributed by atoms with Gasteiger partial charge in [0.2, 0.25) is 0 Å². The molecule has 4 nitrogen and oxygen atoms in total. The second-order valence-electron chi connectivity index (χ2n) is 8.20. The number of rotatable bonds is 3. The smallest absolute Gasteiger partial charge is 0.161 e. The molecule has 1 saturated heterocycles. The Morgan fingerprint density at radius 2 is 2.04 bits per heavy atom. The zero-order chi connectivity index (χ0) is 20.0. The minimum atomic E-state index is -2.55. The Morgan fingerprint density at radius 1 is 1.29 bits per heavy atom. The Kier molecular flexibility index (Phi) is 3.65. The van der Waals surface area contributed by atoms with E-state index in [2.05, 4.69) is 25.7 Å². The molecule has 0 aromatic heterocycles. The van der Waals surface area contributed by atoms with E-state index in [4.69, 9.17) is 13.6 Å². The molecule has 2 aliphatic rings. The first-order chi connectivity index (χ1) is 12.5. The molecule has 0 N–H and O–H groups in total. The zero-order valence-electron chi connectivity index (χ0n) is 18.0. The molecule has 4 heteroatoms. The van der Waals surface area contributed by atoms with Gasteiger partial charge in [-0.2, -0.15) is 0 Å². The van der Waals surface area contributed by atoms with E-state index in [0.717, 1.165) is 37.1 Å². The van der Waals surface area contributed by atoms with Crippen molar-refractivity contribution >= 4 is 5.78 Å². The Bertz CT molecular complexity index is 724. The first kappa shape index (κ1) is 13.7. The highest BCUT2D eigenvalue weighted by Gasteiger charge is 2.39. The van der Waals surface area contributed by atoms with Crippen molar-refractivity contribution in [2.24, 2.45) is 11.3 Å². The standard InChI is InChI=1S/C20H29NO3/c1-20(2,3)11-14-12-21-7-6-13-8-18(23-4)19(24-5)9-15(13)16(21)10-17(14)22/h8-9,14,16H,6-7,10-12H2,1-5H3/t14-,16-/m0/s1/i5D3. The third-order valence-corrected chi connectivity index (χ3v) is 5.17. The molecule has 24 heavy (non-hydrogen) atoms. The molecule has 0 saturated carbocycles. The number of nitrogens with zero attached hydrogens (tertiary/aromatic N) is 1. The van der Waals surface area contributed by atoms with Gasteiger partial charge in [0.25, 0.3) is 0 Å². The second-order valence-corrected chi connectivity index (χ2v) is 8.20. The van der Waals surface area contributed by atoms with E-state index in [1.807, 2.05) is 6.07 Å². The number of ether oxygens (including phenoxy) is 2. The van der Waals surface area contributed by atoms with E-state index in [1.54, 1.807) is 6.07 Å². The molecule has 1 aromatic rings. The molecule has 132 valence electrons. The van der Waals surface area contributed by atoms with Crippen molar-refractivity contribution in [3.8, 4) is 11.5 Å². The normalized spacial score (nSPS) is 26.7. The molecule has 2 heterocycles. The van der Waals surface area contributed by atoms with Gasteiger partial charge in [-0.3, -0.25) is 9.69 Å². The number of ketones is 1. The van der Waals surface area contributed by atoms with Crippen LogP contribution in [0.25, 0.3) is 0 Å². The summed E-state index contributed by atoms with van der Waals surface area (Å²) in [5, 5.41) is 0. The molecule has 1 fully saturated rings. The lowest BCUT2D eigenvalue weighted by atomic mass is 9.76. The predicted octanol–water partition coefficient (Wildman–Crippen LogP) is 3.63. The number of carbonyl (C=O) groups is 1. The molecule has 0 bridgehead atoms. The third-order valence-electron chi connectivity index (χ3n) is 5.17. The van der Waals surface area contributed by atoms with Crippen LogP contribution in [0.3, 0.4) is 0 Å². The summed E-state index contributed by atoms with van der Waals surface area (Å²) in [6.45, 7) is 8.17. The summed E-state index contributed by atoms with van der Waals surface area (Å²) in [7, 11) is -1.04.